The molecule has 2 rings (SSSR count). The van der Waals surface area contributed by atoms with Gasteiger partial charge in [-0.15, -0.1) is 0 Å². The van der Waals surface area contributed by atoms with Gasteiger partial charge in [-0.1, -0.05) is 13.8 Å². The molecule has 0 bridgehead atoms. The van der Waals surface area contributed by atoms with E-state index in [4.69, 9.17) is 0 Å². The number of hydrogen-bond donors (Lipinski definition) is 1. The predicted octanol–water partition coefficient (Wildman–Crippen LogP) is 2.66. The van der Waals surface area contributed by atoms with E-state index in [1.807, 2.05) is 12.1 Å². The second kappa shape index (κ2) is 3.74. The van der Waals surface area contributed by atoms with Crippen molar-refractivity contribution in [1.29, 1.82) is 0 Å². The highest BCUT2D eigenvalue weighted by atomic mass is 16.1. The molecule has 0 radical (unpaired) electrons. The summed E-state index contributed by atoms with van der Waals surface area (Å²) >= 11 is 0. The number of nitrogens with one attached hydrogen (secondary N) is 1. The normalized spacial score (nSPS) is 11.3. The van der Waals surface area contributed by atoms with Crippen LogP contribution >= 0.6 is 0 Å². The number of benzene rings is 1. The van der Waals surface area contributed by atoms with Gasteiger partial charge in [-0.25, -0.2) is 4.98 Å². The summed E-state index contributed by atoms with van der Waals surface area (Å²) in [6.45, 7) is 8.12. The van der Waals surface area contributed by atoms with Crippen molar-refractivity contribution in [2.45, 2.75) is 33.6 Å². The van der Waals surface area contributed by atoms with Gasteiger partial charge in [0.1, 0.15) is 5.82 Å². The van der Waals surface area contributed by atoms with Crippen LogP contribution in [0.15, 0.2) is 16.9 Å². The van der Waals surface area contributed by atoms with Crippen LogP contribution in [0.2, 0.25) is 0 Å². The summed E-state index contributed by atoms with van der Waals surface area (Å²) in [5.74, 6) is 1.08. The third-order valence-electron chi connectivity index (χ3n) is 2.83. The van der Waals surface area contributed by atoms with E-state index in [0.717, 1.165) is 5.52 Å². The van der Waals surface area contributed by atoms with E-state index in [1.54, 1.807) is 6.92 Å². The lowest BCUT2D eigenvalue weighted by Gasteiger charge is -2.10. The van der Waals surface area contributed by atoms with Gasteiger partial charge >= 0.3 is 0 Å². The van der Waals surface area contributed by atoms with Crippen LogP contribution in [0.4, 0.5) is 0 Å². The van der Waals surface area contributed by atoms with Crippen LogP contribution in [0.5, 0.6) is 0 Å². The van der Waals surface area contributed by atoms with Crippen LogP contribution in [0.3, 0.4) is 0 Å². The van der Waals surface area contributed by atoms with Crippen molar-refractivity contribution in [3.05, 3.63) is 39.4 Å². The number of H-pyrrole nitrogens is 1. The summed E-state index contributed by atoms with van der Waals surface area (Å²) < 4.78 is 0. The first-order valence-electron chi connectivity index (χ1n) is 5.50. The van der Waals surface area contributed by atoms with E-state index in [-0.39, 0.29) is 5.56 Å². The number of fused-ring (bicyclic) bond motifs is 1. The molecule has 0 aliphatic heterocycles. The van der Waals surface area contributed by atoms with Crippen molar-refractivity contribution < 1.29 is 0 Å². The summed E-state index contributed by atoms with van der Waals surface area (Å²) in [6.07, 6.45) is 0. The monoisotopic (exact) mass is 216 g/mol. The molecule has 3 nitrogen and oxygen atoms in total. The van der Waals surface area contributed by atoms with Gasteiger partial charge in [0.25, 0.3) is 5.56 Å². The van der Waals surface area contributed by atoms with Gasteiger partial charge in [0, 0.05) is 0 Å². The van der Waals surface area contributed by atoms with Gasteiger partial charge in [0.05, 0.1) is 10.9 Å². The zero-order valence-corrected chi connectivity index (χ0v) is 10.1. The molecule has 0 fully saturated rings. The van der Waals surface area contributed by atoms with Crippen LogP contribution in [-0.4, -0.2) is 9.97 Å². The Morgan fingerprint density at radius 1 is 1.25 bits per heavy atom. The Morgan fingerprint density at radius 2 is 1.94 bits per heavy atom. The lowest BCUT2D eigenvalue weighted by Crippen LogP contribution is -2.10. The Labute approximate surface area is 94.5 Å². The maximum atomic E-state index is 11.8. The molecule has 16 heavy (non-hydrogen) atoms. The fraction of sp³-hybridized carbons (Fsp3) is 0.385. The van der Waals surface area contributed by atoms with E-state index in [2.05, 4.69) is 30.7 Å². The average Bonchev–Trinajstić information content (AvgIpc) is 2.15. The Kier molecular flexibility index (Phi) is 2.54. The largest absolute Gasteiger partial charge is 0.310 e. The Morgan fingerprint density at radius 3 is 2.56 bits per heavy atom. The molecule has 84 valence electrons. The zero-order valence-electron chi connectivity index (χ0n) is 10.1. The summed E-state index contributed by atoms with van der Waals surface area (Å²) in [5.41, 5.74) is 3.14. The fourth-order valence-corrected chi connectivity index (χ4v) is 2.05. The number of hydrogen-bond acceptors (Lipinski definition) is 2. The second-order valence-corrected chi connectivity index (χ2v) is 4.53. The van der Waals surface area contributed by atoms with E-state index < -0.39 is 0 Å². The molecule has 0 amide bonds. The van der Waals surface area contributed by atoms with Gasteiger partial charge in [-0.3, -0.25) is 4.79 Å². The quantitative estimate of drug-likeness (QED) is 0.796. The first-order chi connectivity index (χ1) is 7.49. The minimum absolute atomic E-state index is 0.0515. The Hall–Kier alpha value is -1.64. The first-order valence-corrected chi connectivity index (χ1v) is 5.50. The molecule has 0 aliphatic rings. The van der Waals surface area contributed by atoms with Crippen LogP contribution < -0.4 is 5.56 Å². The van der Waals surface area contributed by atoms with Crippen LogP contribution in [0.1, 0.15) is 36.7 Å². The Bertz CT molecular complexity index is 597. The molecule has 0 spiro atoms. The van der Waals surface area contributed by atoms with Crippen molar-refractivity contribution in [3.8, 4) is 0 Å². The molecule has 0 saturated carbocycles. The van der Waals surface area contributed by atoms with Crippen LogP contribution in [0.25, 0.3) is 10.9 Å². The molecule has 0 saturated heterocycles. The molecule has 0 aliphatic carbocycles. The lowest BCUT2D eigenvalue weighted by molar-refractivity contribution is 0.858. The molecule has 0 atom stereocenters. The minimum Gasteiger partial charge on any atom is -0.310 e. The topological polar surface area (TPSA) is 45.8 Å². The maximum Gasteiger partial charge on any atom is 0.258 e. The second-order valence-electron chi connectivity index (χ2n) is 4.53. The molecular weight excluding hydrogens is 200 g/mol. The summed E-state index contributed by atoms with van der Waals surface area (Å²) in [7, 11) is 0. The number of aromatic amines is 1. The summed E-state index contributed by atoms with van der Waals surface area (Å²) in [6, 6.07) is 3.95. The highest BCUT2D eigenvalue weighted by Gasteiger charge is 2.08. The zero-order chi connectivity index (χ0) is 11.9. The van der Waals surface area contributed by atoms with E-state index in [0.29, 0.717) is 17.1 Å². The summed E-state index contributed by atoms with van der Waals surface area (Å²) in [4.78, 5) is 18.9. The lowest BCUT2D eigenvalue weighted by atomic mass is 9.96. The third-order valence-corrected chi connectivity index (χ3v) is 2.83. The van der Waals surface area contributed by atoms with E-state index in [9.17, 15) is 4.79 Å². The number of aromatic nitrogens is 2. The third kappa shape index (κ3) is 1.73. The number of rotatable bonds is 1. The molecule has 1 aromatic heterocycles. The standard InChI is InChI=1S/C13H16N2O/c1-7(2)10-6-11-12(5-8(10)3)14-9(4)15-13(11)16/h5-7H,1-4H3,(H,14,15,16). The van der Waals surface area contributed by atoms with Gasteiger partial charge < -0.3 is 4.98 Å². The molecular formula is C13H16N2O. The smallest absolute Gasteiger partial charge is 0.258 e. The van der Waals surface area contributed by atoms with Crippen molar-refractivity contribution in [2.24, 2.45) is 0 Å². The summed E-state index contributed by atoms with van der Waals surface area (Å²) in [5, 5.41) is 0.680. The molecule has 1 aromatic carbocycles. The van der Waals surface area contributed by atoms with Crippen molar-refractivity contribution >= 4 is 10.9 Å². The highest BCUT2D eigenvalue weighted by molar-refractivity contribution is 5.79. The van der Waals surface area contributed by atoms with Gasteiger partial charge in [-0.2, -0.15) is 0 Å². The predicted molar refractivity (Wildman–Crippen MR) is 65.9 cm³/mol. The number of nitrogens with zero attached hydrogens (tertiary/aromatic N) is 1. The maximum absolute atomic E-state index is 11.8. The van der Waals surface area contributed by atoms with E-state index >= 15 is 0 Å². The van der Waals surface area contributed by atoms with Crippen molar-refractivity contribution in [3.63, 3.8) is 0 Å². The molecule has 1 heterocycles. The molecule has 0 unspecified atom stereocenters. The molecule has 2 aromatic rings. The van der Waals surface area contributed by atoms with Gasteiger partial charge in [-0.05, 0) is 43.0 Å². The van der Waals surface area contributed by atoms with Gasteiger partial charge in [0.2, 0.25) is 0 Å². The van der Waals surface area contributed by atoms with E-state index in [1.165, 1.54) is 11.1 Å². The first kappa shape index (κ1) is 10.9. The van der Waals surface area contributed by atoms with Crippen molar-refractivity contribution in [2.75, 3.05) is 0 Å². The minimum atomic E-state index is -0.0515. The fourth-order valence-electron chi connectivity index (χ4n) is 2.05. The average molecular weight is 216 g/mol. The molecule has 3 heteroatoms. The van der Waals surface area contributed by atoms with Gasteiger partial charge in [0.15, 0.2) is 0 Å². The number of aryl methyl sites for hydroxylation is 2. The van der Waals surface area contributed by atoms with Crippen LogP contribution in [-0.2, 0) is 0 Å². The SMILES string of the molecule is Cc1nc2cc(C)c(C(C)C)cc2c(=O)[nH]1. The Balaban J connectivity index is 2.85. The van der Waals surface area contributed by atoms with Crippen molar-refractivity contribution in [1.82, 2.24) is 9.97 Å². The van der Waals surface area contributed by atoms with Crippen LogP contribution in [0, 0.1) is 13.8 Å². The molecule has 1 N–H and O–H groups in total. The highest BCUT2D eigenvalue weighted by Crippen LogP contribution is 2.22.